The fraction of sp³-hybridized carbons (Fsp3) is 0.706. The van der Waals surface area contributed by atoms with Crippen LogP contribution in [0.2, 0.25) is 0 Å². The average molecular weight is 341 g/mol. The van der Waals surface area contributed by atoms with Crippen molar-refractivity contribution in [1.82, 2.24) is 4.90 Å². The molecule has 1 aliphatic heterocycles. The number of ether oxygens (including phenoxy) is 3. The first-order valence-corrected chi connectivity index (χ1v) is 8.20. The maximum absolute atomic E-state index is 12.6. The first-order valence-electron chi connectivity index (χ1n) is 8.20. The molecule has 2 rings (SSSR count). The maximum atomic E-state index is 12.6. The standard InChI is InChI=1S/C15H21NO5.C2H6O/c1-3-21-13-12(15(19)20-2)11(9-17)16(14(13)18)10-7-5-4-6-8-10;1-3-2/h9-11H,3-8H2,1-2H3;1-2H3. The summed E-state index contributed by atoms with van der Waals surface area (Å²) in [7, 11) is 4.48. The van der Waals surface area contributed by atoms with Crippen LogP contribution >= 0.6 is 0 Å². The first-order chi connectivity index (χ1) is 11.6. The summed E-state index contributed by atoms with van der Waals surface area (Å²) >= 11 is 0. The quantitative estimate of drug-likeness (QED) is 0.556. The number of amides is 1. The van der Waals surface area contributed by atoms with Gasteiger partial charge in [0.2, 0.25) is 0 Å². The van der Waals surface area contributed by atoms with Crippen LogP contribution in [0.5, 0.6) is 0 Å². The van der Waals surface area contributed by atoms with Crippen LogP contribution < -0.4 is 0 Å². The van der Waals surface area contributed by atoms with Gasteiger partial charge in [0.1, 0.15) is 17.9 Å². The molecule has 1 saturated carbocycles. The van der Waals surface area contributed by atoms with E-state index in [-0.39, 0.29) is 29.9 Å². The number of esters is 1. The van der Waals surface area contributed by atoms with Gasteiger partial charge in [-0.15, -0.1) is 0 Å². The number of nitrogens with zero attached hydrogens (tertiary/aromatic N) is 1. The van der Waals surface area contributed by atoms with Crippen molar-refractivity contribution in [2.75, 3.05) is 27.9 Å². The van der Waals surface area contributed by atoms with Crippen molar-refractivity contribution >= 4 is 18.2 Å². The summed E-state index contributed by atoms with van der Waals surface area (Å²) in [5, 5.41) is 0. The van der Waals surface area contributed by atoms with Crippen molar-refractivity contribution in [3.63, 3.8) is 0 Å². The van der Waals surface area contributed by atoms with Crippen LogP contribution in [0, 0.1) is 0 Å². The van der Waals surface area contributed by atoms with Crippen LogP contribution in [0.1, 0.15) is 39.0 Å². The summed E-state index contributed by atoms with van der Waals surface area (Å²) in [6, 6.07) is -0.909. The largest absolute Gasteiger partial charge is 0.488 e. The predicted octanol–water partition coefficient (Wildman–Crippen LogP) is 1.45. The average Bonchev–Trinajstić information content (AvgIpc) is 2.88. The third kappa shape index (κ3) is 4.35. The Kier molecular flexibility index (Phi) is 8.46. The van der Waals surface area contributed by atoms with Crippen molar-refractivity contribution in [1.29, 1.82) is 0 Å². The van der Waals surface area contributed by atoms with Gasteiger partial charge in [-0.05, 0) is 19.8 Å². The molecule has 0 aromatic rings. The molecule has 0 bridgehead atoms. The van der Waals surface area contributed by atoms with Crippen molar-refractivity contribution in [2.24, 2.45) is 0 Å². The fourth-order valence-electron chi connectivity index (χ4n) is 3.13. The number of carbonyl (C=O) groups is 3. The van der Waals surface area contributed by atoms with Gasteiger partial charge in [0.15, 0.2) is 5.76 Å². The van der Waals surface area contributed by atoms with E-state index < -0.39 is 12.0 Å². The zero-order valence-corrected chi connectivity index (χ0v) is 14.9. The SMILES string of the molecule is CCOC1=C(C(=O)OC)C(C=O)N(C2CCCCC2)C1=O.COC. The van der Waals surface area contributed by atoms with Crippen molar-refractivity contribution < 1.29 is 28.6 Å². The second-order valence-electron chi connectivity index (χ2n) is 5.66. The Morgan fingerprint density at radius 1 is 1.21 bits per heavy atom. The molecule has 1 unspecified atom stereocenters. The Bertz CT molecular complexity index is 481. The molecule has 1 amide bonds. The number of hydrogen-bond acceptors (Lipinski definition) is 6. The van der Waals surface area contributed by atoms with Gasteiger partial charge in [-0.3, -0.25) is 4.79 Å². The number of aldehydes is 1. The van der Waals surface area contributed by atoms with Crippen LogP contribution in [0.15, 0.2) is 11.3 Å². The molecule has 7 heteroatoms. The molecule has 2 aliphatic rings. The molecule has 1 heterocycles. The molecule has 0 aromatic heterocycles. The number of carbonyl (C=O) groups excluding carboxylic acids is 3. The minimum atomic E-state index is -0.894. The summed E-state index contributed by atoms with van der Waals surface area (Å²) in [5.74, 6) is -1.09. The zero-order valence-electron chi connectivity index (χ0n) is 14.9. The summed E-state index contributed by atoms with van der Waals surface area (Å²) in [6.07, 6.45) is 5.52. The van der Waals surface area contributed by atoms with E-state index >= 15 is 0 Å². The third-order valence-corrected chi connectivity index (χ3v) is 4.06. The second kappa shape index (κ2) is 10.1. The molecule has 24 heavy (non-hydrogen) atoms. The van der Waals surface area contributed by atoms with E-state index in [9.17, 15) is 14.4 Å². The normalized spacial score (nSPS) is 21.2. The first kappa shape index (κ1) is 20.2. The Morgan fingerprint density at radius 2 is 1.79 bits per heavy atom. The zero-order chi connectivity index (χ0) is 18.1. The van der Waals surface area contributed by atoms with E-state index in [1.165, 1.54) is 12.0 Å². The lowest BCUT2D eigenvalue weighted by Crippen LogP contribution is -2.46. The molecule has 0 radical (unpaired) electrons. The highest BCUT2D eigenvalue weighted by Gasteiger charge is 2.47. The molecular weight excluding hydrogens is 314 g/mol. The summed E-state index contributed by atoms with van der Waals surface area (Å²) in [6.45, 7) is 1.99. The molecule has 1 aliphatic carbocycles. The van der Waals surface area contributed by atoms with Crippen LogP contribution in [-0.4, -0.2) is 63.1 Å². The smallest absolute Gasteiger partial charge is 0.340 e. The Morgan fingerprint density at radius 3 is 2.25 bits per heavy atom. The lowest BCUT2D eigenvalue weighted by atomic mass is 9.93. The van der Waals surface area contributed by atoms with Gasteiger partial charge >= 0.3 is 5.97 Å². The molecule has 136 valence electrons. The maximum Gasteiger partial charge on any atom is 0.340 e. The van der Waals surface area contributed by atoms with E-state index in [0.717, 1.165) is 32.1 Å². The summed E-state index contributed by atoms with van der Waals surface area (Å²) in [5.41, 5.74) is 0.0323. The van der Waals surface area contributed by atoms with Crippen LogP contribution in [0.3, 0.4) is 0 Å². The minimum Gasteiger partial charge on any atom is -0.488 e. The Hall–Kier alpha value is -1.89. The van der Waals surface area contributed by atoms with Crippen molar-refractivity contribution in [3.05, 3.63) is 11.3 Å². The number of rotatable bonds is 5. The van der Waals surface area contributed by atoms with Gasteiger partial charge in [0.25, 0.3) is 5.91 Å². The van der Waals surface area contributed by atoms with Gasteiger partial charge in [-0.2, -0.15) is 0 Å². The molecule has 0 N–H and O–H groups in total. The molecule has 7 nitrogen and oxygen atoms in total. The third-order valence-electron chi connectivity index (χ3n) is 4.06. The van der Waals surface area contributed by atoms with E-state index in [4.69, 9.17) is 9.47 Å². The fourth-order valence-corrected chi connectivity index (χ4v) is 3.13. The summed E-state index contributed by atoms with van der Waals surface area (Å²) < 4.78 is 14.3. The number of hydrogen-bond donors (Lipinski definition) is 0. The molecule has 0 spiro atoms. The van der Waals surface area contributed by atoms with E-state index in [0.29, 0.717) is 6.29 Å². The number of methoxy groups -OCH3 is 2. The van der Waals surface area contributed by atoms with Crippen molar-refractivity contribution in [2.45, 2.75) is 51.1 Å². The molecular formula is C17H27NO6. The molecule has 1 atom stereocenters. The predicted molar refractivity (Wildman–Crippen MR) is 87.2 cm³/mol. The van der Waals surface area contributed by atoms with E-state index in [1.54, 1.807) is 21.1 Å². The van der Waals surface area contributed by atoms with Gasteiger partial charge < -0.3 is 23.9 Å². The highest BCUT2D eigenvalue weighted by Crippen LogP contribution is 2.33. The van der Waals surface area contributed by atoms with Gasteiger partial charge in [0, 0.05) is 20.3 Å². The van der Waals surface area contributed by atoms with Gasteiger partial charge in [-0.25, -0.2) is 4.79 Å². The highest BCUT2D eigenvalue weighted by atomic mass is 16.5. The van der Waals surface area contributed by atoms with Gasteiger partial charge in [-0.1, -0.05) is 19.3 Å². The Labute approximate surface area is 142 Å². The van der Waals surface area contributed by atoms with Crippen LogP contribution in [0.4, 0.5) is 0 Å². The van der Waals surface area contributed by atoms with E-state index in [2.05, 4.69) is 4.74 Å². The van der Waals surface area contributed by atoms with Crippen LogP contribution in [-0.2, 0) is 28.6 Å². The van der Waals surface area contributed by atoms with Crippen LogP contribution in [0.25, 0.3) is 0 Å². The Balaban J connectivity index is 0.000000891. The topological polar surface area (TPSA) is 82.1 Å². The molecule has 0 aromatic carbocycles. The minimum absolute atomic E-state index is 0.0148. The molecule has 1 fully saturated rings. The highest BCUT2D eigenvalue weighted by molar-refractivity contribution is 6.10. The monoisotopic (exact) mass is 341 g/mol. The molecule has 0 saturated heterocycles. The van der Waals surface area contributed by atoms with Crippen molar-refractivity contribution in [3.8, 4) is 0 Å². The lowest BCUT2D eigenvalue weighted by molar-refractivity contribution is -0.138. The van der Waals surface area contributed by atoms with E-state index in [1.807, 2.05) is 0 Å². The van der Waals surface area contributed by atoms with Gasteiger partial charge in [0.05, 0.1) is 13.7 Å². The lowest BCUT2D eigenvalue weighted by Gasteiger charge is -2.34. The summed E-state index contributed by atoms with van der Waals surface area (Å²) in [4.78, 5) is 37.5. The second-order valence-corrected chi connectivity index (χ2v) is 5.66.